The van der Waals surface area contributed by atoms with Crippen LogP contribution in [0.1, 0.15) is 12.5 Å². The number of H-pyrrole nitrogens is 1. The number of hydrogen-bond donors (Lipinski definition) is 2. The van der Waals surface area contributed by atoms with Crippen molar-refractivity contribution in [2.45, 2.75) is 6.92 Å². The molecule has 0 aliphatic carbocycles. The van der Waals surface area contributed by atoms with Gasteiger partial charge in [0.25, 0.3) is 5.91 Å². The van der Waals surface area contributed by atoms with E-state index in [9.17, 15) is 4.79 Å². The van der Waals surface area contributed by atoms with E-state index in [2.05, 4.69) is 20.6 Å². The SMILES string of the molecule is CCNC(=O)COc1ccc(/C=N\n2c(-c3ccco3)n[nH]c2=S)cc1OC. The van der Waals surface area contributed by atoms with Crippen LogP contribution in [0.2, 0.25) is 0 Å². The number of carbonyl (C=O) groups excluding carboxylic acids is 1. The van der Waals surface area contributed by atoms with Gasteiger partial charge in [-0.1, -0.05) is 0 Å². The highest BCUT2D eigenvalue weighted by Crippen LogP contribution is 2.27. The molecule has 0 saturated heterocycles. The molecular weight excluding hydrogens is 382 g/mol. The number of methoxy groups -OCH3 is 1. The van der Waals surface area contributed by atoms with Gasteiger partial charge < -0.3 is 19.2 Å². The molecule has 0 fully saturated rings. The van der Waals surface area contributed by atoms with Crippen molar-refractivity contribution in [3.05, 3.63) is 46.9 Å². The average Bonchev–Trinajstić information content (AvgIpc) is 3.35. The molecule has 10 heteroatoms. The van der Waals surface area contributed by atoms with Crippen molar-refractivity contribution in [3.8, 4) is 23.1 Å². The summed E-state index contributed by atoms with van der Waals surface area (Å²) in [7, 11) is 1.52. The largest absolute Gasteiger partial charge is 0.493 e. The van der Waals surface area contributed by atoms with Gasteiger partial charge in [-0.05, 0) is 55.0 Å². The number of furan rings is 1. The van der Waals surface area contributed by atoms with E-state index in [1.807, 2.05) is 6.92 Å². The summed E-state index contributed by atoms with van der Waals surface area (Å²) in [6.07, 6.45) is 3.15. The second kappa shape index (κ2) is 9.00. The fourth-order valence-corrected chi connectivity index (χ4v) is 2.54. The Morgan fingerprint density at radius 1 is 1.43 bits per heavy atom. The molecule has 0 saturated carbocycles. The van der Waals surface area contributed by atoms with Crippen molar-refractivity contribution >= 4 is 24.3 Å². The Labute approximate surface area is 166 Å². The molecule has 9 nitrogen and oxygen atoms in total. The maximum absolute atomic E-state index is 11.6. The van der Waals surface area contributed by atoms with E-state index in [0.717, 1.165) is 5.56 Å². The number of carbonyl (C=O) groups is 1. The molecule has 0 bridgehead atoms. The summed E-state index contributed by atoms with van der Waals surface area (Å²) in [6, 6.07) is 8.76. The van der Waals surface area contributed by atoms with E-state index >= 15 is 0 Å². The smallest absolute Gasteiger partial charge is 0.257 e. The highest BCUT2D eigenvalue weighted by atomic mass is 32.1. The Morgan fingerprint density at radius 2 is 2.29 bits per heavy atom. The van der Waals surface area contributed by atoms with Crippen LogP contribution in [-0.4, -0.2) is 47.3 Å². The Morgan fingerprint density at radius 3 is 3.00 bits per heavy atom. The molecule has 0 atom stereocenters. The number of ether oxygens (including phenoxy) is 2. The Kier molecular flexibility index (Phi) is 6.22. The molecule has 0 aliphatic rings. The number of benzene rings is 1. The summed E-state index contributed by atoms with van der Waals surface area (Å²) >= 11 is 5.22. The summed E-state index contributed by atoms with van der Waals surface area (Å²) in [6.45, 7) is 2.30. The molecule has 28 heavy (non-hydrogen) atoms. The fourth-order valence-electron chi connectivity index (χ4n) is 2.36. The Hall–Kier alpha value is -3.40. The first-order valence-electron chi connectivity index (χ1n) is 8.45. The molecule has 0 radical (unpaired) electrons. The number of likely N-dealkylation sites (N-methyl/N-ethyl adjacent to an activating group) is 1. The number of hydrogen-bond acceptors (Lipinski definition) is 7. The molecule has 0 unspecified atom stereocenters. The number of aromatic nitrogens is 3. The van der Waals surface area contributed by atoms with Crippen molar-refractivity contribution in [2.24, 2.45) is 5.10 Å². The predicted molar refractivity (Wildman–Crippen MR) is 105 cm³/mol. The van der Waals surface area contributed by atoms with Gasteiger partial charge in [-0.2, -0.15) is 9.78 Å². The van der Waals surface area contributed by atoms with Crippen LogP contribution < -0.4 is 14.8 Å². The zero-order valence-electron chi connectivity index (χ0n) is 15.3. The van der Waals surface area contributed by atoms with E-state index in [1.54, 1.807) is 42.8 Å². The molecule has 146 valence electrons. The van der Waals surface area contributed by atoms with Gasteiger partial charge in [0, 0.05) is 6.54 Å². The number of amides is 1. The van der Waals surface area contributed by atoms with Gasteiger partial charge in [0.15, 0.2) is 23.9 Å². The standard InChI is InChI=1S/C18H19N5O4S/c1-3-19-16(24)11-27-13-7-6-12(9-15(13)25-2)10-20-23-17(21-22-18(23)28)14-5-4-8-26-14/h4-10H,3,11H2,1-2H3,(H,19,24)(H,22,28)/b20-10-. The summed E-state index contributed by atoms with van der Waals surface area (Å²) < 4.78 is 18.0. The van der Waals surface area contributed by atoms with Crippen LogP contribution in [-0.2, 0) is 4.79 Å². The van der Waals surface area contributed by atoms with Crippen LogP contribution in [0.4, 0.5) is 0 Å². The maximum atomic E-state index is 11.6. The topological polar surface area (TPSA) is 107 Å². The average molecular weight is 401 g/mol. The van der Waals surface area contributed by atoms with Gasteiger partial charge in [-0.3, -0.25) is 4.79 Å². The monoisotopic (exact) mass is 401 g/mol. The van der Waals surface area contributed by atoms with Gasteiger partial charge in [-0.25, -0.2) is 5.10 Å². The lowest BCUT2D eigenvalue weighted by molar-refractivity contribution is -0.123. The zero-order valence-corrected chi connectivity index (χ0v) is 16.2. The lowest BCUT2D eigenvalue weighted by atomic mass is 10.2. The Balaban J connectivity index is 1.79. The van der Waals surface area contributed by atoms with E-state index in [1.165, 1.54) is 11.8 Å². The quantitative estimate of drug-likeness (QED) is 0.444. The summed E-state index contributed by atoms with van der Waals surface area (Å²) in [5.41, 5.74) is 0.746. The number of rotatable bonds is 8. The first-order chi connectivity index (χ1) is 13.6. The van der Waals surface area contributed by atoms with E-state index in [0.29, 0.717) is 34.4 Å². The molecule has 2 N–H and O–H groups in total. The number of aromatic amines is 1. The fraction of sp³-hybridized carbons (Fsp3) is 0.222. The molecule has 3 rings (SSSR count). The molecule has 2 heterocycles. The van der Waals surface area contributed by atoms with Crippen molar-refractivity contribution in [1.82, 2.24) is 20.2 Å². The minimum Gasteiger partial charge on any atom is -0.493 e. The van der Waals surface area contributed by atoms with E-state index < -0.39 is 0 Å². The van der Waals surface area contributed by atoms with Crippen molar-refractivity contribution in [1.29, 1.82) is 0 Å². The van der Waals surface area contributed by atoms with Gasteiger partial charge in [0.05, 0.1) is 19.6 Å². The Bertz CT molecular complexity index is 1020. The van der Waals surface area contributed by atoms with Crippen LogP contribution in [0.3, 0.4) is 0 Å². The molecule has 2 aromatic heterocycles. The third-order valence-corrected chi connectivity index (χ3v) is 3.90. The van der Waals surface area contributed by atoms with E-state index in [4.69, 9.17) is 26.1 Å². The van der Waals surface area contributed by atoms with Gasteiger partial charge in [-0.15, -0.1) is 5.10 Å². The maximum Gasteiger partial charge on any atom is 0.257 e. The minimum atomic E-state index is -0.199. The van der Waals surface area contributed by atoms with Crippen LogP contribution in [0.5, 0.6) is 11.5 Å². The van der Waals surface area contributed by atoms with Crippen LogP contribution in [0.25, 0.3) is 11.6 Å². The van der Waals surface area contributed by atoms with Gasteiger partial charge in [0.2, 0.25) is 10.6 Å². The molecule has 3 aromatic rings. The van der Waals surface area contributed by atoms with Crippen LogP contribution in [0.15, 0.2) is 46.1 Å². The number of nitrogens with zero attached hydrogens (tertiary/aromatic N) is 3. The predicted octanol–water partition coefficient (Wildman–Crippen LogP) is 2.61. The zero-order chi connectivity index (χ0) is 19.9. The summed E-state index contributed by atoms with van der Waals surface area (Å²) in [5.74, 6) is 1.74. The molecule has 0 aliphatic heterocycles. The third kappa shape index (κ3) is 4.46. The second-order valence-corrected chi connectivity index (χ2v) is 5.93. The first kappa shape index (κ1) is 19.4. The van der Waals surface area contributed by atoms with Gasteiger partial charge in [0.1, 0.15) is 0 Å². The minimum absolute atomic E-state index is 0.0890. The van der Waals surface area contributed by atoms with Gasteiger partial charge >= 0.3 is 0 Å². The summed E-state index contributed by atoms with van der Waals surface area (Å²) in [5, 5.41) is 13.9. The third-order valence-electron chi connectivity index (χ3n) is 3.63. The lowest BCUT2D eigenvalue weighted by Gasteiger charge is -2.11. The van der Waals surface area contributed by atoms with Crippen molar-refractivity contribution in [2.75, 3.05) is 20.3 Å². The second-order valence-electron chi connectivity index (χ2n) is 5.54. The van der Waals surface area contributed by atoms with Crippen molar-refractivity contribution in [3.63, 3.8) is 0 Å². The first-order valence-corrected chi connectivity index (χ1v) is 8.86. The van der Waals surface area contributed by atoms with E-state index in [-0.39, 0.29) is 12.5 Å². The molecular formula is C18H19N5O4S. The highest BCUT2D eigenvalue weighted by Gasteiger charge is 2.11. The molecule has 1 aromatic carbocycles. The van der Waals surface area contributed by atoms with Crippen LogP contribution in [0, 0.1) is 4.77 Å². The van der Waals surface area contributed by atoms with Crippen LogP contribution >= 0.6 is 12.2 Å². The summed E-state index contributed by atoms with van der Waals surface area (Å²) in [4.78, 5) is 11.6. The lowest BCUT2D eigenvalue weighted by Crippen LogP contribution is -2.28. The molecule has 0 spiro atoms. The molecule has 1 amide bonds. The van der Waals surface area contributed by atoms with Crippen molar-refractivity contribution < 1.29 is 18.7 Å². The number of nitrogens with one attached hydrogen (secondary N) is 2. The normalized spacial score (nSPS) is 10.9. The highest BCUT2D eigenvalue weighted by molar-refractivity contribution is 7.71.